The van der Waals surface area contributed by atoms with Crippen molar-refractivity contribution in [2.45, 2.75) is 20.3 Å². The van der Waals surface area contributed by atoms with Crippen molar-refractivity contribution in [3.8, 4) is 0 Å². The van der Waals surface area contributed by atoms with Crippen LogP contribution in [0.1, 0.15) is 39.8 Å². The van der Waals surface area contributed by atoms with Crippen LogP contribution < -0.4 is 10.6 Å². The molecule has 0 fully saturated rings. The Bertz CT molecular complexity index is 1020. The number of nitrogens with one attached hydrogen (secondary N) is 2. The fourth-order valence-corrected chi connectivity index (χ4v) is 2.74. The van der Waals surface area contributed by atoms with Crippen molar-refractivity contribution in [2.24, 2.45) is 0 Å². The molecule has 5 nitrogen and oxygen atoms in total. The van der Waals surface area contributed by atoms with Crippen LogP contribution in [0.15, 0.2) is 48.5 Å². The molecule has 0 radical (unpaired) electrons. The zero-order chi connectivity index (χ0) is 19.4. The highest BCUT2D eigenvalue weighted by atomic mass is 19.1. The maximum Gasteiger partial charge on any atom is 0.257 e. The molecule has 0 saturated heterocycles. The first kappa shape index (κ1) is 18.5. The van der Waals surface area contributed by atoms with E-state index < -0.39 is 0 Å². The summed E-state index contributed by atoms with van der Waals surface area (Å²) in [4.78, 5) is 29.1. The standard InChI is InChI=1S/C21H20FN3O2/c1-3-9-23-20(26)15-5-4-6-17(10-15)25-21(27)18-11-14-7-8-16(22)12-19(14)24-13(18)2/h4-8,10-12H,3,9H2,1-2H3,(H,23,26)(H,25,27). The molecule has 0 unspecified atom stereocenters. The first-order valence-electron chi connectivity index (χ1n) is 8.74. The number of hydrogen-bond donors (Lipinski definition) is 2. The van der Waals surface area contributed by atoms with Crippen LogP contribution in [0, 0.1) is 12.7 Å². The number of amides is 2. The van der Waals surface area contributed by atoms with Crippen LogP contribution in [0.3, 0.4) is 0 Å². The number of nitrogens with zero attached hydrogens (tertiary/aromatic N) is 1. The van der Waals surface area contributed by atoms with E-state index in [1.165, 1.54) is 12.1 Å². The Morgan fingerprint density at radius 2 is 1.89 bits per heavy atom. The average molecular weight is 365 g/mol. The van der Waals surface area contributed by atoms with Crippen LogP contribution in [-0.4, -0.2) is 23.3 Å². The van der Waals surface area contributed by atoms with Gasteiger partial charge in [-0.05, 0) is 49.7 Å². The van der Waals surface area contributed by atoms with E-state index in [2.05, 4.69) is 15.6 Å². The van der Waals surface area contributed by atoms with Gasteiger partial charge in [-0.3, -0.25) is 14.6 Å². The third kappa shape index (κ3) is 4.28. The normalized spacial score (nSPS) is 10.6. The molecular weight excluding hydrogens is 345 g/mol. The van der Waals surface area contributed by atoms with Gasteiger partial charge in [0, 0.05) is 29.2 Å². The predicted molar refractivity (Wildman–Crippen MR) is 103 cm³/mol. The summed E-state index contributed by atoms with van der Waals surface area (Å²) in [5.74, 6) is -0.888. The highest BCUT2D eigenvalue weighted by molar-refractivity contribution is 6.07. The largest absolute Gasteiger partial charge is 0.352 e. The number of halogens is 1. The molecule has 2 amide bonds. The zero-order valence-corrected chi connectivity index (χ0v) is 15.2. The second-order valence-corrected chi connectivity index (χ2v) is 6.25. The molecule has 6 heteroatoms. The van der Waals surface area contributed by atoms with Gasteiger partial charge in [-0.25, -0.2) is 4.39 Å². The minimum Gasteiger partial charge on any atom is -0.352 e. The molecule has 0 aliphatic carbocycles. The van der Waals surface area contributed by atoms with Gasteiger partial charge in [0.25, 0.3) is 11.8 Å². The van der Waals surface area contributed by atoms with Crippen molar-refractivity contribution in [3.63, 3.8) is 0 Å². The Hall–Kier alpha value is -3.28. The molecule has 3 aromatic rings. The third-order valence-electron chi connectivity index (χ3n) is 4.13. The molecule has 3 rings (SSSR count). The van der Waals surface area contributed by atoms with Crippen LogP contribution >= 0.6 is 0 Å². The number of pyridine rings is 1. The monoisotopic (exact) mass is 365 g/mol. The molecule has 1 aromatic heterocycles. The summed E-state index contributed by atoms with van der Waals surface area (Å²) in [5.41, 5.74) is 2.39. The minimum absolute atomic E-state index is 0.182. The van der Waals surface area contributed by atoms with Crippen molar-refractivity contribution in [3.05, 3.63) is 71.2 Å². The van der Waals surface area contributed by atoms with E-state index in [-0.39, 0.29) is 17.6 Å². The van der Waals surface area contributed by atoms with Gasteiger partial charge in [0.15, 0.2) is 0 Å². The summed E-state index contributed by atoms with van der Waals surface area (Å²) >= 11 is 0. The summed E-state index contributed by atoms with van der Waals surface area (Å²) < 4.78 is 13.3. The molecule has 0 aliphatic rings. The number of fused-ring (bicyclic) bond motifs is 1. The van der Waals surface area contributed by atoms with Crippen molar-refractivity contribution in [1.29, 1.82) is 0 Å². The van der Waals surface area contributed by atoms with Gasteiger partial charge < -0.3 is 10.6 Å². The SMILES string of the molecule is CCCNC(=O)c1cccc(NC(=O)c2cc3ccc(F)cc3nc2C)c1. The lowest BCUT2D eigenvalue weighted by molar-refractivity contribution is 0.0952. The summed E-state index contributed by atoms with van der Waals surface area (Å²) in [6.07, 6.45) is 0.848. The number of hydrogen-bond acceptors (Lipinski definition) is 3. The molecule has 0 atom stereocenters. The molecule has 2 N–H and O–H groups in total. The smallest absolute Gasteiger partial charge is 0.257 e. The van der Waals surface area contributed by atoms with E-state index in [9.17, 15) is 14.0 Å². The first-order chi connectivity index (χ1) is 13.0. The summed E-state index contributed by atoms with van der Waals surface area (Å²) in [6.45, 7) is 4.27. The zero-order valence-electron chi connectivity index (χ0n) is 15.2. The van der Waals surface area contributed by atoms with E-state index in [0.29, 0.717) is 40.0 Å². The van der Waals surface area contributed by atoms with E-state index in [4.69, 9.17) is 0 Å². The molecular formula is C21H20FN3O2. The molecule has 1 heterocycles. The van der Waals surface area contributed by atoms with Gasteiger partial charge in [0.05, 0.1) is 16.8 Å². The number of carbonyl (C=O) groups excluding carboxylic acids is 2. The Balaban J connectivity index is 1.83. The molecule has 0 bridgehead atoms. The molecule has 0 aliphatic heterocycles. The van der Waals surface area contributed by atoms with Crippen LogP contribution in [-0.2, 0) is 0 Å². The fraction of sp³-hybridized carbons (Fsp3) is 0.190. The quantitative estimate of drug-likeness (QED) is 0.716. The topological polar surface area (TPSA) is 71.1 Å². The van der Waals surface area contributed by atoms with E-state index in [0.717, 1.165) is 6.42 Å². The summed E-state index contributed by atoms with van der Waals surface area (Å²) in [7, 11) is 0. The van der Waals surface area contributed by atoms with E-state index >= 15 is 0 Å². The highest BCUT2D eigenvalue weighted by Crippen LogP contribution is 2.19. The van der Waals surface area contributed by atoms with Crippen LogP contribution in [0.2, 0.25) is 0 Å². The van der Waals surface area contributed by atoms with Gasteiger partial charge in [0.1, 0.15) is 5.82 Å². The number of carbonyl (C=O) groups is 2. The molecule has 27 heavy (non-hydrogen) atoms. The number of aryl methyl sites for hydroxylation is 1. The Morgan fingerprint density at radius 1 is 1.07 bits per heavy atom. The van der Waals surface area contributed by atoms with Crippen molar-refractivity contribution in [2.75, 3.05) is 11.9 Å². The Morgan fingerprint density at radius 3 is 2.67 bits per heavy atom. The highest BCUT2D eigenvalue weighted by Gasteiger charge is 2.13. The lowest BCUT2D eigenvalue weighted by Gasteiger charge is -2.10. The van der Waals surface area contributed by atoms with Gasteiger partial charge >= 0.3 is 0 Å². The molecule has 138 valence electrons. The molecule has 2 aromatic carbocycles. The second kappa shape index (κ2) is 7.95. The molecule has 0 spiro atoms. The molecule has 0 saturated carbocycles. The van der Waals surface area contributed by atoms with Gasteiger partial charge in [0.2, 0.25) is 0 Å². The van der Waals surface area contributed by atoms with Gasteiger partial charge in [-0.15, -0.1) is 0 Å². The van der Waals surface area contributed by atoms with Crippen LogP contribution in [0.5, 0.6) is 0 Å². The lowest BCUT2D eigenvalue weighted by atomic mass is 10.1. The first-order valence-corrected chi connectivity index (χ1v) is 8.74. The average Bonchev–Trinajstić information content (AvgIpc) is 2.65. The summed E-state index contributed by atoms with van der Waals surface area (Å²) in [6, 6.07) is 12.7. The van der Waals surface area contributed by atoms with Gasteiger partial charge in [-0.2, -0.15) is 0 Å². The Labute approximate surface area is 156 Å². The third-order valence-corrected chi connectivity index (χ3v) is 4.13. The lowest BCUT2D eigenvalue weighted by Crippen LogP contribution is -2.24. The summed E-state index contributed by atoms with van der Waals surface area (Å²) in [5, 5.41) is 6.28. The maximum absolute atomic E-state index is 13.3. The maximum atomic E-state index is 13.3. The van der Waals surface area contributed by atoms with Gasteiger partial charge in [-0.1, -0.05) is 13.0 Å². The van der Waals surface area contributed by atoms with E-state index in [1.807, 2.05) is 6.92 Å². The minimum atomic E-state index is -0.371. The van der Waals surface area contributed by atoms with Crippen molar-refractivity contribution in [1.82, 2.24) is 10.3 Å². The predicted octanol–water partition coefficient (Wildman–Crippen LogP) is 4.07. The number of anilines is 1. The van der Waals surface area contributed by atoms with Crippen LogP contribution in [0.4, 0.5) is 10.1 Å². The van der Waals surface area contributed by atoms with Crippen LogP contribution in [0.25, 0.3) is 10.9 Å². The fourth-order valence-electron chi connectivity index (χ4n) is 2.74. The van der Waals surface area contributed by atoms with Crippen molar-refractivity contribution < 1.29 is 14.0 Å². The van der Waals surface area contributed by atoms with E-state index in [1.54, 1.807) is 43.3 Å². The number of rotatable bonds is 5. The second-order valence-electron chi connectivity index (χ2n) is 6.25. The van der Waals surface area contributed by atoms with Crippen molar-refractivity contribution >= 4 is 28.4 Å². The number of aromatic nitrogens is 1. The Kier molecular flexibility index (Phi) is 5.45. The number of benzene rings is 2.